The summed E-state index contributed by atoms with van der Waals surface area (Å²) in [5, 5.41) is 2.79. The normalized spacial score (nSPS) is 10.1. The quantitative estimate of drug-likeness (QED) is 0.870. The largest absolute Gasteiger partial charge is 0.481 e. The highest BCUT2D eigenvalue weighted by Crippen LogP contribution is 2.23. The van der Waals surface area contributed by atoms with Gasteiger partial charge in [0, 0.05) is 6.07 Å². The summed E-state index contributed by atoms with van der Waals surface area (Å²) in [5.41, 5.74) is 0.676. The number of halogens is 2. The molecule has 0 aliphatic carbocycles. The summed E-state index contributed by atoms with van der Waals surface area (Å²) < 4.78 is 5.51. The van der Waals surface area contributed by atoms with Crippen LogP contribution in [0.4, 0.5) is 5.69 Å². The Kier molecular flexibility index (Phi) is 4.34. The second-order valence-corrected chi connectivity index (χ2v) is 4.66. The zero-order chi connectivity index (χ0) is 13.8. The molecule has 5 nitrogen and oxygen atoms in total. The number of hydrogen-bond donors (Lipinski definition) is 1. The van der Waals surface area contributed by atoms with E-state index in [1.165, 1.54) is 7.11 Å². The molecular formula is C12H9BrClN3O2. The second kappa shape index (κ2) is 5.99. The Bertz CT molecular complexity index is 622. The van der Waals surface area contributed by atoms with Crippen molar-refractivity contribution < 1.29 is 9.53 Å². The summed E-state index contributed by atoms with van der Waals surface area (Å²) in [4.78, 5) is 20.0. The minimum Gasteiger partial charge on any atom is -0.481 e. The van der Waals surface area contributed by atoms with Crippen LogP contribution in [0.5, 0.6) is 5.88 Å². The van der Waals surface area contributed by atoms with Gasteiger partial charge in [0.15, 0.2) is 5.15 Å². The van der Waals surface area contributed by atoms with Crippen LogP contribution in [0.15, 0.2) is 34.9 Å². The molecule has 0 saturated heterocycles. The zero-order valence-corrected chi connectivity index (χ0v) is 12.2. The van der Waals surface area contributed by atoms with Gasteiger partial charge in [0.1, 0.15) is 10.3 Å². The predicted molar refractivity (Wildman–Crippen MR) is 75.7 cm³/mol. The number of carbonyl (C=O) groups is 1. The van der Waals surface area contributed by atoms with E-state index in [0.717, 1.165) is 0 Å². The number of nitrogens with zero attached hydrogens (tertiary/aromatic N) is 2. The molecule has 0 aromatic carbocycles. The van der Waals surface area contributed by atoms with Gasteiger partial charge >= 0.3 is 0 Å². The molecule has 1 amide bonds. The van der Waals surface area contributed by atoms with Crippen LogP contribution in [0.3, 0.4) is 0 Å². The summed E-state index contributed by atoms with van der Waals surface area (Å²) in [6, 6.07) is 8.28. The van der Waals surface area contributed by atoms with Gasteiger partial charge in [-0.15, -0.1) is 0 Å². The maximum atomic E-state index is 12.0. The van der Waals surface area contributed by atoms with E-state index >= 15 is 0 Å². The van der Waals surface area contributed by atoms with Crippen molar-refractivity contribution in [3.8, 4) is 5.88 Å². The van der Waals surface area contributed by atoms with Gasteiger partial charge in [-0.25, -0.2) is 4.98 Å². The summed E-state index contributed by atoms with van der Waals surface area (Å²) >= 11 is 9.14. The molecule has 0 bridgehead atoms. The van der Waals surface area contributed by atoms with Gasteiger partial charge in [-0.2, -0.15) is 4.98 Å². The lowest BCUT2D eigenvalue weighted by Crippen LogP contribution is -2.14. The number of anilines is 1. The van der Waals surface area contributed by atoms with Crippen LogP contribution in [0.1, 0.15) is 10.5 Å². The monoisotopic (exact) mass is 341 g/mol. The van der Waals surface area contributed by atoms with Crippen LogP contribution in [-0.2, 0) is 0 Å². The average molecular weight is 343 g/mol. The number of ether oxygens (including phenoxy) is 1. The molecule has 0 spiro atoms. The van der Waals surface area contributed by atoms with Crippen molar-refractivity contribution in [3.63, 3.8) is 0 Å². The van der Waals surface area contributed by atoms with Gasteiger partial charge in [0.2, 0.25) is 5.88 Å². The van der Waals surface area contributed by atoms with E-state index in [9.17, 15) is 4.79 Å². The van der Waals surface area contributed by atoms with Crippen molar-refractivity contribution in [3.05, 3.63) is 45.8 Å². The number of aromatic nitrogens is 2. The predicted octanol–water partition coefficient (Wildman–Crippen LogP) is 3.15. The fourth-order valence-corrected chi connectivity index (χ4v) is 1.88. The van der Waals surface area contributed by atoms with Gasteiger partial charge < -0.3 is 10.1 Å². The van der Waals surface area contributed by atoms with Crippen LogP contribution in [0.25, 0.3) is 0 Å². The molecule has 0 atom stereocenters. The third kappa shape index (κ3) is 3.42. The van der Waals surface area contributed by atoms with Crippen molar-refractivity contribution in [2.75, 3.05) is 12.4 Å². The molecule has 19 heavy (non-hydrogen) atoms. The molecule has 0 aliphatic rings. The van der Waals surface area contributed by atoms with Crippen molar-refractivity contribution in [1.29, 1.82) is 0 Å². The first-order valence-electron chi connectivity index (χ1n) is 5.24. The SMILES string of the molecule is COc1ccc(NC(=O)c2cccc(Br)n2)c(Cl)n1. The lowest BCUT2D eigenvalue weighted by atomic mass is 10.3. The minimum absolute atomic E-state index is 0.155. The Balaban J connectivity index is 2.19. The maximum Gasteiger partial charge on any atom is 0.274 e. The van der Waals surface area contributed by atoms with Crippen LogP contribution in [-0.4, -0.2) is 23.0 Å². The highest BCUT2D eigenvalue weighted by molar-refractivity contribution is 9.10. The topological polar surface area (TPSA) is 64.1 Å². The van der Waals surface area contributed by atoms with Gasteiger partial charge in [-0.1, -0.05) is 17.7 Å². The van der Waals surface area contributed by atoms with Crippen LogP contribution < -0.4 is 10.1 Å². The van der Waals surface area contributed by atoms with Crippen LogP contribution >= 0.6 is 27.5 Å². The molecule has 0 aliphatic heterocycles. The van der Waals surface area contributed by atoms with Crippen molar-refractivity contribution in [2.45, 2.75) is 0 Å². The molecule has 2 aromatic heterocycles. The molecule has 2 aromatic rings. The first-order valence-corrected chi connectivity index (χ1v) is 6.41. The summed E-state index contributed by atoms with van der Waals surface area (Å²) in [6.07, 6.45) is 0. The fourth-order valence-electron chi connectivity index (χ4n) is 1.35. The lowest BCUT2D eigenvalue weighted by Gasteiger charge is -2.07. The molecule has 0 radical (unpaired) electrons. The first kappa shape index (κ1) is 13.8. The molecule has 2 heterocycles. The standard InChI is InChI=1S/C12H9BrClN3O2/c1-19-10-6-5-7(11(14)17-10)16-12(18)8-3-2-4-9(13)15-8/h2-6H,1H3,(H,16,18). The number of rotatable bonds is 3. The molecule has 0 fully saturated rings. The Morgan fingerprint density at radius 2 is 2.11 bits per heavy atom. The number of methoxy groups -OCH3 is 1. The Labute approximate surface area is 123 Å². The summed E-state index contributed by atoms with van der Waals surface area (Å²) in [7, 11) is 1.49. The molecule has 0 unspecified atom stereocenters. The van der Waals surface area contributed by atoms with Gasteiger partial charge in [0.25, 0.3) is 5.91 Å². The summed E-state index contributed by atoms with van der Waals surface area (Å²) in [6.45, 7) is 0. The van der Waals surface area contributed by atoms with E-state index in [1.807, 2.05) is 0 Å². The van der Waals surface area contributed by atoms with E-state index in [1.54, 1.807) is 30.3 Å². The smallest absolute Gasteiger partial charge is 0.274 e. The Morgan fingerprint density at radius 1 is 1.32 bits per heavy atom. The van der Waals surface area contributed by atoms with Crippen LogP contribution in [0, 0.1) is 0 Å². The minimum atomic E-state index is -0.366. The number of pyridine rings is 2. The molecule has 7 heteroatoms. The fraction of sp³-hybridized carbons (Fsp3) is 0.0833. The number of nitrogens with one attached hydrogen (secondary N) is 1. The van der Waals surface area contributed by atoms with E-state index < -0.39 is 0 Å². The molecular weight excluding hydrogens is 334 g/mol. The number of hydrogen-bond acceptors (Lipinski definition) is 4. The summed E-state index contributed by atoms with van der Waals surface area (Å²) in [5.74, 6) is 0.0127. The van der Waals surface area contributed by atoms with E-state index in [-0.39, 0.29) is 16.8 Å². The van der Waals surface area contributed by atoms with Gasteiger partial charge in [-0.05, 0) is 34.1 Å². The Morgan fingerprint density at radius 3 is 2.74 bits per heavy atom. The third-order valence-electron chi connectivity index (χ3n) is 2.23. The second-order valence-electron chi connectivity index (χ2n) is 3.49. The molecule has 1 N–H and O–H groups in total. The maximum absolute atomic E-state index is 12.0. The highest BCUT2D eigenvalue weighted by atomic mass is 79.9. The van der Waals surface area contributed by atoms with E-state index in [2.05, 4.69) is 31.2 Å². The average Bonchev–Trinajstić information content (AvgIpc) is 2.41. The third-order valence-corrected chi connectivity index (χ3v) is 2.96. The van der Waals surface area contributed by atoms with Gasteiger partial charge in [0.05, 0.1) is 12.8 Å². The lowest BCUT2D eigenvalue weighted by molar-refractivity contribution is 0.102. The van der Waals surface area contributed by atoms with Gasteiger partial charge in [-0.3, -0.25) is 4.79 Å². The number of amides is 1. The van der Waals surface area contributed by atoms with Crippen LogP contribution in [0.2, 0.25) is 5.15 Å². The van der Waals surface area contributed by atoms with Crippen molar-refractivity contribution in [2.24, 2.45) is 0 Å². The Hall–Kier alpha value is -1.66. The van der Waals surface area contributed by atoms with Crippen molar-refractivity contribution in [1.82, 2.24) is 9.97 Å². The zero-order valence-electron chi connectivity index (χ0n) is 9.85. The molecule has 0 saturated carbocycles. The van der Waals surface area contributed by atoms with E-state index in [0.29, 0.717) is 16.2 Å². The molecule has 98 valence electrons. The number of carbonyl (C=O) groups excluding carboxylic acids is 1. The van der Waals surface area contributed by atoms with E-state index in [4.69, 9.17) is 16.3 Å². The highest BCUT2D eigenvalue weighted by Gasteiger charge is 2.11. The first-order chi connectivity index (χ1) is 9.10. The molecule has 2 rings (SSSR count). The van der Waals surface area contributed by atoms with Crippen molar-refractivity contribution >= 4 is 39.1 Å².